The van der Waals surface area contributed by atoms with Crippen molar-refractivity contribution < 1.29 is 61.8 Å². The molecule has 0 spiro atoms. The van der Waals surface area contributed by atoms with Crippen molar-refractivity contribution in [2.24, 2.45) is 0 Å². The Balaban J connectivity index is 5.05. The van der Waals surface area contributed by atoms with Crippen LogP contribution in [0.1, 0.15) is 0 Å². The summed E-state index contributed by atoms with van der Waals surface area (Å²) in [6, 6.07) is 0. The Morgan fingerprint density at radius 3 is 1.45 bits per heavy atom. The van der Waals surface area contributed by atoms with Crippen molar-refractivity contribution in [1.29, 1.82) is 0 Å². The van der Waals surface area contributed by atoms with E-state index in [0.29, 0.717) is 0 Å². The summed E-state index contributed by atoms with van der Waals surface area (Å²) >= 11 is 0. The fourth-order valence-electron chi connectivity index (χ4n) is 0.889. The van der Waals surface area contributed by atoms with Crippen LogP contribution in [0.3, 0.4) is 0 Å². The second kappa shape index (κ2) is 6.28. The number of ether oxygens (including phenoxy) is 1. The average molecular weight is 364 g/mol. The van der Waals surface area contributed by atoms with Crippen molar-refractivity contribution in [3.63, 3.8) is 0 Å². The number of hydrogen-bond donors (Lipinski definition) is 0. The van der Waals surface area contributed by atoms with Crippen LogP contribution >= 0.6 is 0 Å². The highest BCUT2D eigenvalue weighted by molar-refractivity contribution is 4.98. The average Bonchev–Trinajstić information content (AvgIpc) is 2.33. The topological polar surface area (TPSA) is 9.23 Å². The molecule has 0 N–H and O–H groups in total. The first-order valence-corrected chi connectivity index (χ1v) is 4.86. The van der Waals surface area contributed by atoms with Crippen molar-refractivity contribution >= 4 is 0 Å². The largest absolute Gasteiger partial charge is 0.425 e. The molecule has 0 amide bonds. The molecule has 0 aromatic rings. The molecule has 0 aliphatic rings. The molecule has 0 rings (SSSR count). The molecule has 0 radical (unpaired) electrons. The molecule has 22 heavy (non-hydrogen) atoms. The number of rotatable bonds is 7. The molecule has 0 aliphatic carbocycles. The zero-order valence-corrected chi connectivity index (χ0v) is 9.76. The predicted octanol–water partition coefficient (Wildman–Crippen LogP) is 4.37. The smallest absolute Gasteiger partial charge is 0.339 e. The molecule has 0 fully saturated rings. The van der Waals surface area contributed by atoms with Gasteiger partial charge in [-0.05, 0) is 0 Å². The normalized spacial score (nSPS) is 17.7. The highest BCUT2D eigenvalue weighted by atomic mass is 19.4. The summed E-state index contributed by atoms with van der Waals surface area (Å²) in [5.41, 5.74) is 0. The van der Waals surface area contributed by atoms with E-state index in [1.54, 1.807) is 0 Å². The minimum absolute atomic E-state index is 2.79. The summed E-state index contributed by atoms with van der Waals surface area (Å²) in [4.78, 5) is 0. The van der Waals surface area contributed by atoms with Crippen molar-refractivity contribution in [2.75, 3.05) is 6.61 Å². The van der Waals surface area contributed by atoms with Crippen LogP contribution in [0.5, 0.6) is 0 Å². The molecule has 0 aromatic carbocycles. The highest BCUT2D eigenvalue weighted by Crippen LogP contribution is 2.48. The van der Waals surface area contributed by atoms with E-state index in [4.69, 9.17) is 0 Å². The summed E-state index contributed by atoms with van der Waals surface area (Å²) in [7, 11) is 0. The van der Waals surface area contributed by atoms with E-state index < -0.39 is 49.5 Å². The Kier molecular flexibility index (Phi) is 6.00. The molecule has 2 atom stereocenters. The van der Waals surface area contributed by atoms with Gasteiger partial charge in [0.05, 0.1) is 0 Å². The van der Waals surface area contributed by atoms with E-state index in [1.165, 1.54) is 0 Å². The third-order valence-electron chi connectivity index (χ3n) is 2.12. The maximum atomic E-state index is 12.7. The van der Waals surface area contributed by atoms with E-state index in [2.05, 4.69) is 4.74 Å². The Labute approximate surface area is 113 Å². The lowest BCUT2D eigenvalue weighted by molar-refractivity contribution is -0.352. The third-order valence-corrected chi connectivity index (χ3v) is 2.12. The molecule has 134 valence electrons. The fourth-order valence-corrected chi connectivity index (χ4v) is 0.889. The van der Waals surface area contributed by atoms with Gasteiger partial charge >= 0.3 is 30.4 Å². The maximum absolute atomic E-state index is 12.7. The molecule has 0 heterocycles. The van der Waals surface area contributed by atoms with Gasteiger partial charge in [-0.25, -0.2) is 17.6 Å². The molecule has 0 aliphatic heterocycles. The lowest BCUT2D eigenvalue weighted by Crippen LogP contribution is -2.59. The summed E-state index contributed by atoms with van der Waals surface area (Å²) in [5.74, 6) is -19.6. The second-order valence-electron chi connectivity index (χ2n) is 3.81. The summed E-state index contributed by atoms with van der Waals surface area (Å²) in [6.45, 7) is -3.19. The monoisotopic (exact) mass is 364 g/mol. The molecule has 0 bridgehead atoms. The number of halogens is 13. The van der Waals surface area contributed by atoms with Crippen molar-refractivity contribution in [2.45, 2.75) is 42.9 Å². The van der Waals surface area contributed by atoms with Crippen LogP contribution in [0, 0.1) is 0 Å². The minimum Gasteiger partial charge on any atom is -0.339 e. The molecule has 0 saturated carbocycles. The summed E-state index contributed by atoms with van der Waals surface area (Å²) in [5, 5.41) is 0. The first-order valence-electron chi connectivity index (χ1n) is 4.86. The van der Waals surface area contributed by atoms with Gasteiger partial charge in [0.1, 0.15) is 6.61 Å². The van der Waals surface area contributed by atoms with Crippen molar-refractivity contribution in [3.8, 4) is 0 Å². The van der Waals surface area contributed by atoms with E-state index >= 15 is 0 Å². The van der Waals surface area contributed by atoms with Crippen molar-refractivity contribution in [1.82, 2.24) is 0 Å². The Bertz CT molecular complexity index is 362. The standard InChI is InChI=1S/C8H5F13O/c9-2(7(17,18)19)3(10)22-1-5(13,14)8(20,21)6(15,16)4(11)12/h2-4H,1H2. The number of hydrogen-bond acceptors (Lipinski definition) is 1. The molecule has 1 nitrogen and oxygen atoms in total. The summed E-state index contributed by atoms with van der Waals surface area (Å²) < 4.78 is 161. The van der Waals surface area contributed by atoms with Crippen LogP contribution in [0.2, 0.25) is 0 Å². The maximum Gasteiger partial charge on any atom is 0.425 e. The van der Waals surface area contributed by atoms with Gasteiger partial charge in [-0.3, -0.25) is 0 Å². The lowest BCUT2D eigenvalue weighted by Gasteiger charge is -2.32. The zero-order chi connectivity index (χ0) is 18.1. The Hall–Kier alpha value is -0.950. The first-order chi connectivity index (χ1) is 9.48. The molecule has 2 unspecified atom stereocenters. The van der Waals surface area contributed by atoms with Gasteiger partial charge in [0, 0.05) is 0 Å². The van der Waals surface area contributed by atoms with Crippen LogP contribution in [-0.4, -0.2) is 49.5 Å². The van der Waals surface area contributed by atoms with Gasteiger partial charge in [0.25, 0.3) is 6.17 Å². The van der Waals surface area contributed by atoms with Gasteiger partial charge in [0.15, 0.2) is 0 Å². The van der Waals surface area contributed by atoms with Gasteiger partial charge in [-0.2, -0.15) is 39.5 Å². The van der Waals surface area contributed by atoms with Crippen molar-refractivity contribution in [3.05, 3.63) is 0 Å². The molecule has 0 aromatic heterocycles. The van der Waals surface area contributed by atoms with E-state index in [0.717, 1.165) is 0 Å². The van der Waals surface area contributed by atoms with Crippen LogP contribution in [0.4, 0.5) is 57.1 Å². The molecular formula is C8H5F13O. The SMILES string of the molecule is FC(OCC(F)(F)C(F)(F)C(F)(F)C(F)F)C(F)C(F)(F)F. The van der Waals surface area contributed by atoms with E-state index in [9.17, 15) is 57.1 Å². The second-order valence-corrected chi connectivity index (χ2v) is 3.81. The van der Waals surface area contributed by atoms with Crippen LogP contribution in [-0.2, 0) is 4.74 Å². The number of alkyl halides is 13. The zero-order valence-electron chi connectivity index (χ0n) is 9.76. The Morgan fingerprint density at radius 1 is 0.727 bits per heavy atom. The minimum atomic E-state index is -6.79. The third kappa shape index (κ3) is 4.07. The molecular weight excluding hydrogens is 359 g/mol. The van der Waals surface area contributed by atoms with E-state index in [1.807, 2.05) is 0 Å². The van der Waals surface area contributed by atoms with Crippen LogP contribution < -0.4 is 0 Å². The van der Waals surface area contributed by atoms with Crippen LogP contribution in [0.15, 0.2) is 0 Å². The van der Waals surface area contributed by atoms with E-state index in [-0.39, 0.29) is 0 Å². The van der Waals surface area contributed by atoms with Gasteiger partial charge < -0.3 is 4.74 Å². The lowest BCUT2D eigenvalue weighted by atomic mass is 10.1. The Morgan fingerprint density at radius 2 is 1.14 bits per heavy atom. The fraction of sp³-hybridized carbons (Fsp3) is 1.00. The molecule has 14 heteroatoms. The summed E-state index contributed by atoms with van der Waals surface area (Å²) in [6.07, 6.45) is -20.0. The van der Waals surface area contributed by atoms with Crippen LogP contribution in [0.25, 0.3) is 0 Å². The first kappa shape index (κ1) is 21.0. The molecule has 0 saturated heterocycles. The van der Waals surface area contributed by atoms with Gasteiger partial charge in [-0.15, -0.1) is 0 Å². The van der Waals surface area contributed by atoms with Gasteiger partial charge in [0.2, 0.25) is 6.36 Å². The van der Waals surface area contributed by atoms with Gasteiger partial charge in [-0.1, -0.05) is 0 Å². The highest BCUT2D eigenvalue weighted by Gasteiger charge is 2.75. The quantitative estimate of drug-likeness (QED) is 0.610. The predicted molar refractivity (Wildman–Crippen MR) is 42.6 cm³/mol.